The van der Waals surface area contributed by atoms with Crippen molar-refractivity contribution in [2.75, 3.05) is 18.7 Å². The molecule has 1 unspecified atom stereocenters. The fourth-order valence-electron chi connectivity index (χ4n) is 2.17. The first kappa shape index (κ1) is 14.7. The van der Waals surface area contributed by atoms with Gasteiger partial charge in [0.05, 0.1) is 5.88 Å². The number of benzene rings is 1. The first-order valence-electron chi connectivity index (χ1n) is 6.37. The average Bonchev–Trinajstić information content (AvgIpc) is 2.89. The van der Waals surface area contributed by atoms with Gasteiger partial charge in [-0.2, -0.15) is 0 Å². The molecule has 0 saturated carbocycles. The number of aliphatic carboxylic acids is 1. The van der Waals surface area contributed by atoms with Gasteiger partial charge < -0.3 is 14.9 Å². The van der Waals surface area contributed by atoms with E-state index in [9.17, 15) is 9.59 Å². The molecule has 1 aromatic rings. The van der Waals surface area contributed by atoms with E-state index in [4.69, 9.17) is 5.11 Å². The third-order valence-electron chi connectivity index (χ3n) is 3.41. The lowest BCUT2D eigenvalue weighted by atomic mass is 10.1. The van der Waals surface area contributed by atoms with Gasteiger partial charge >= 0.3 is 12.0 Å². The summed E-state index contributed by atoms with van der Waals surface area (Å²) in [6, 6.07) is 6.92. The number of carbonyl (C=O) groups is 2. The molecular weight excluding hydrogens is 276 g/mol. The molecule has 0 spiro atoms. The number of carbonyl (C=O) groups excluding carboxylic acids is 1. The van der Waals surface area contributed by atoms with Gasteiger partial charge in [-0.15, -0.1) is 11.8 Å². The third-order valence-corrected chi connectivity index (χ3v) is 4.42. The van der Waals surface area contributed by atoms with Gasteiger partial charge in [0.1, 0.15) is 6.04 Å². The van der Waals surface area contributed by atoms with Crippen LogP contribution in [0.15, 0.2) is 24.3 Å². The van der Waals surface area contributed by atoms with E-state index < -0.39 is 12.0 Å². The van der Waals surface area contributed by atoms with Crippen molar-refractivity contribution in [3.8, 4) is 0 Å². The fourth-order valence-corrected chi connectivity index (χ4v) is 3.30. The Morgan fingerprint density at radius 2 is 2.15 bits per heavy atom. The molecule has 0 aromatic heterocycles. The number of nitrogens with zero attached hydrogens (tertiary/aromatic N) is 2. The molecule has 5 nitrogen and oxygen atoms in total. The van der Waals surface area contributed by atoms with Crippen LogP contribution in [0.4, 0.5) is 4.79 Å². The van der Waals surface area contributed by atoms with Crippen LogP contribution in [0.5, 0.6) is 0 Å². The molecule has 2 amide bonds. The molecular formula is C14H18N2O3S. The zero-order chi connectivity index (χ0) is 14.7. The Labute approximate surface area is 122 Å². The summed E-state index contributed by atoms with van der Waals surface area (Å²) < 4.78 is 0. The molecule has 0 bridgehead atoms. The van der Waals surface area contributed by atoms with E-state index >= 15 is 0 Å². The molecule has 1 atom stereocenters. The molecule has 20 heavy (non-hydrogen) atoms. The number of rotatable bonds is 3. The molecule has 1 aromatic carbocycles. The van der Waals surface area contributed by atoms with Gasteiger partial charge in [-0.1, -0.05) is 24.3 Å². The zero-order valence-electron chi connectivity index (χ0n) is 11.6. The van der Waals surface area contributed by atoms with Gasteiger partial charge in [-0.25, -0.2) is 9.59 Å². The standard InChI is InChI=1S/C14H18N2O3S/c1-10-5-3-4-6-11(10)7-15(2)14(19)16-9-20-8-12(16)13(17)18/h3-6,12H,7-9H2,1-2H3,(H,17,18). The van der Waals surface area contributed by atoms with Crippen molar-refractivity contribution in [3.05, 3.63) is 35.4 Å². The topological polar surface area (TPSA) is 60.9 Å². The molecule has 1 heterocycles. The summed E-state index contributed by atoms with van der Waals surface area (Å²) in [7, 11) is 1.71. The Balaban J connectivity index is 2.05. The highest BCUT2D eigenvalue weighted by atomic mass is 32.2. The Bertz CT molecular complexity index is 521. The summed E-state index contributed by atoms with van der Waals surface area (Å²) in [4.78, 5) is 26.5. The molecule has 2 rings (SSSR count). The van der Waals surface area contributed by atoms with Crippen molar-refractivity contribution in [2.45, 2.75) is 19.5 Å². The van der Waals surface area contributed by atoms with Gasteiger partial charge in [-0.3, -0.25) is 0 Å². The van der Waals surface area contributed by atoms with Gasteiger partial charge in [-0.05, 0) is 18.1 Å². The van der Waals surface area contributed by atoms with E-state index in [1.54, 1.807) is 11.9 Å². The predicted molar refractivity (Wildman–Crippen MR) is 78.6 cm³/mol. The molecule has 6 heteroatoms. The number of amides is 2. The van der Waals surface area contributed by atoms with Crippen LogP contribution in [0.1, 0.15) is 11.1 Å². The maximum absolute atomic E-state index is 12.4. The number of carboxylic acids is 1. The van der Waals surface area contributed by atoms with E-state index in [1.165, 1.54) is 16.7 Å². The van der Waals surface area contributed by atoms with Crippen molar-refractivity contribution in [2.24, 2.45) is 0 Å². The van der Waals surface area contributed by atoms with Crippen molar-refractivity contribution < 1.29 is 14.7 Å². The van der Waals surface area contributed by atoms with E-state index in [0.29, 0.717) is 18.2 Å². The number of hydrogen-bond donors (Lipinski definition) is 1. The Morgan fingerprint density at radius 3 is 2.80 bits per heavy atom. The number of urea groups is 1. The van der Waals surface area contributed by atoms with Gasteiger partial charge in [0.15, 0.2) is 0 Å². The molecule has 1 aliphatic rings. The van der Waals surface area contributed by atoms with E-state index in [-0.39, 0.29) is 6.03 Å². The quantitative estimate of drug-likeness (QED) is 0.926. The first-order valence-corrected chi connectivity index (χ1v) is 7.53. The highest BCUT2D eigenvalue weighted by Gasteiger charge is 2.35. The minimum absolute atomic E-state index is 0.231. The van der Waals surface area contributed by atoms with Gasteiger partial charge in [0.25, 0.3) is 0 Å². The van der Waals surface area contributed by atoms with E-state index in [1.807, 2.05) is 31.2 Å². The molecule has 108 valence electrons. The van der Waals surface area contributed by atoms with Crippen LogP contribution < -0.4 is 0 Å². The van der Waals surface area contributed by atoms with Crippen molar-refractivity contribution in [1.29, 1.82) is 0 Å². The summed E-state index contributed by atoms with van der Waals surface area (Å²) in [6.07, 6.45) is 0. The Morgan fingerprint density at radius 1 is 1.45 bits per heavy atom. The Hall–Kier alpha value is -1.69. The molecule has 1 saturated heterocycles. The van der Waals surface area contributed by atoms with Crippen molar-refractivity contribution in [1.82, 2.24) is 9.80 Å². The van der Waals surface area contributed by atoms with Crippen LogP contribution in [-0.2, 0) is 11.3 Å². The summed E-state index contributed by atoms with van der Waals surface area (Å²) >= 11 is 1.47. The fraction of sp³-hybridized carbons (Fsp3) is 0.429. The van der Waals surface area contributed by atoms with Crippen molar-refractivity contribution >= 4 is 23.8 Å². The smallest absolute Gasteiger partial charge is 0.327 e. The number of aryl methyl sites for hydroxylation is 1. The maximum Gasteiger partial charge on any atom is 0.327 e. The van der Waals surface area contributed by atoms with E-state index in [2.05, 4.69) is 0 Å². The molecule has 1 aliphatic heterocycles. The summed E-state index contributed by atoms with van der Waals surface area (Å²) in [5.41, 5.74) is 2.19. The second kappa shape index (κ2) is 6.17. The van der Waals surface area contributed by atoms with E-state index in [0.717, 1.165) is 11.1 Å². The lowest BCUT2D eigenvalue weighted by Crippen LogP contribution is -2.47. The van der Waals surface area contributed by atoms with Crippen LogP contribution in [0.2, 0.25) is 0 Å². The second-order valence-electron chi connectivity index (χ2n) is 4.89. The molecule has 0 radical (unpaired) electrons. The number of carboxylic acid groups (broad SMARTS) is 1. The second-order valence-corrected chi connectivity index (χ2v) is 5.89. The first-order chi connectivity index (χ1) is 9.50. The van der Waals surface area contributed by atoms with Crippen LogP contribution in [0.25, 0.3) is 0 Å². The molecule has 1 fully saturated rings. The summed E-state index contributed by atoms with van der Waals surface area (Å²) in [5.74, 6) is -0.0413. The van der Waals surface area contributed by atoms with Gasteiger partial charge in [0, 0.05) is 19.3 Å². The molecule has 0 aliphatic carbocycles. The minimum Gasteiger partial charge on any atom is -0.480 e. The zero-order valence-corrected chi connectivity index (χ0v) is 12.4. The monoisotopic (exact) mass is 294 g/mol. The SMILES string of the molecule is Cc1ccccc1CN(C)C(=O)N1CSCC1C(=O)O. The van der Waals surface area contributed by atoms with Crippen LogP contribution in [0.3, 0.4) is 0 Å². The normalized spacial score (nSPS) is 18.1. The average molecular weight is 294 g/mol. The van der Waals surface area contributed by atoms with Gasteiger partial charge in [0.2, 0.25) is 0 Å². The highest BCUT2D eigenvalue weighted by Crippen LogP contribution is 2.23. The lowest BCUT2D eigenvalue weighted by Gasteiger charge is -2.27. The summed E-state index contributed by atoms with van der Waals surface area (Å²) in [5, 5.41) is 9.12. The number of thioether (sulfide) groups is 1. The Kier molecular flexibility index (Phi) is 4.54. The maximum atomic E-state index is 12.4. The highest BCUT2D eigenvalue weighted by molar-refractivity contribution is 7.99. The largest absolute Gasteiger partial charge is 0.480 e. The third kappa shape index (κ3) is 3.07. The van der Waals surface area contributed by atoms with Crippen LogP contribution in [0, 0.1) is 6.92 Å². The van der Waals surface area contributed by atoms with Crippen LogP contribution >= 0.6 is 11.8 Å². The summed E-state index contributed by atoms with van der Waals surface area (Å²) in [6.45, 7) is 2.48. The number of hydrogen-bond acceptors (Lipinski definition) is 3. The lowest BCUT2D eigenvalue weighted by molar-refractivity contribution is -0.140. The predicted octanol–water partition coefficient (Wildman–Crippen LogP) is 2.01. The van der Waals surface area contributed by atoms with Crippen LogP contribution in [-0.4, -0.2) is 51.6 Å². The molecule has 1 N–H and O–H groups in total. The minimum atomic E-state index is -0.937. The van der Waals surface area contributed by atoms with Crippen molar-refractivity contribution in [3.63, 3.8) is 0 Å².